The molecule has 1 aromatic rings. The minimum absolute atomic E-state index is 0.0550. The Labute approximate surface area is 109 Å². The van der Waals surface area contributed by atoms with E-state index in [-0.39, 0.29) is 11.8 Å². The Hall–Kier alpha value is -1.56. The summed E-state index contributed by atoms with van der Waals surface area (Å²) in [5, 5.41) is 9.60. The molecule has 6 heteroatoms. The molecule has 18 heavy (non-hydrogen) atoms. The van der Waals surface area contributed by atoms with E-state index in [9.17, 15) is 9.59 Å². The van der Waals surface area contributed by atoms with Crippen molar-refractivity contribution in [3.8, 4) is 0 Å². The molecule has 1 heterocycles. The molecule has 0 radical (unpaired) electrons. The Morgan fingerprint density at radius 3 is 2.61 bits per heavy atom. The number of hydrogen-bond donors (Lipinski definition) is 2. The van der Waals surface area contributed by atoms with Gasteiger partial charge in [-0.1, -0.05) is 0 Å². The van der Waals surface area contributed by atoms with Gasteiger partial charge in [0.15, 0.2) is 0 Å². The molecule has 0 spiro atoms. The first kappa shape index (κ1) is 12.9. The fourth-order valence-corrected chi connectivity index (χ4v) is 2.84. The zero-order valence-electron chi connectivity index (χ0n) is 9.76. The zero-order chi connectivity index (χ0) is 13.2. The lowest BCUT2D eigenvalue weighted by Crippen LogP contribution is -2.12. The standard InChI is InChI=1S/C12H14N2O3S/c13-11(17)8-1-2-9(14-6-8)18-7-12(3-4-12)5-10(15)16/h1-2,6H,3-5,7H2,(H2,13,17)(H,15,16). The summed E-state index contributed by atoms with van der Waals surface area (Å²) in [7, 11) is 0. The van der Waals surface area contributed by atoms with Crippen molar-refractivity contribution >= 4 is 23.6 Å². The molecule has 0 aliphatic heterocycles. The van der Waals surface area contributed by atoms with Crippen molar-refractivity contribution < 1.29 is 14.7 Å². The van der Waals surface area contributed by atoms with Crippen LogP contribution in [0.1, 0.15) is 29.6 Å². The highest BCUT2D eigenvalue weighted by molar-refractivity contribution is 7.99. The number of carbonyl (C=O) groups excluding carboxylic acids is 1. The van der Waals surface area contributed by atoms with Gasteiger partial charge in [0, 0.05) is 11.9 Å². The fraction of sp³-hybridized carbons (Fsp3) is 0.417. The van der Waals surface area contributed by atoms with E-state index < -0.39 is 11.9 Å². The molecule has 0 saturated heterocycles. The number of carboxylic acids is 1. The Morgan fingerprint density at radius 2 is 2.17 bits per heavy atom. The maximum Gasteiger partial charge on any atom is 0.303 e. The number of nitrogens with two attached hydrogens (primary N) is 1. The SMILES string of the molecule is NC(=O)c1ccc(SCC2(CC(=O)O)CC2)nc1. The van der Waals surface area contributed by atoms with Gasteiger partial charge >= 0.3 is 5.97 Å². The van der Waals surface area contributed by atoms with Crippen molar-refractivity contribution in [2.45, 2.75) is 24.3 Å². The molecule has 1 aliphatic carbocycles. The van der Waals surface area contributed by atoms with Crippen LogP contribution in [0.2, 0.25) is 0 Å². The normalized spacial score (nSPS) is 16.2. The van der Waals surface area contributed by atoms with Crippen LogP contribution < -0.4 is 5.73 Å². The number of rotatable bonds is 6. The summed E-state index contributed by atoms with van der Waals surface area (Å²) in [5.74, 6) is -0.490. The topological polar surface area (TPSA) is 93.3 Å². The van der Waals surface area contributed by atoms with Gasteiger partial charge in [-0.3, -0.25) is 9.59 Å². The lowest BCUT2D eigenvalue weighted by molar-refractivity contribution is -0.138. The van der Waals surface area contributed by atoms with E-state index in [4.69, 9.17) is 10.8 Å². The molecule has 3 N–H and O–H groups in total. The van der Waals surface area contributed by atoms with Gasteiger partial charge in [0.1, 0.15) is 0 Å². The van der Waals surface area contributed by atoms with Crippen LogP contribution in [-0.2, 0) is 4.79 Å². The molecule has 0 unspecified atom stereocenters. The van der Waals surface area contributed by atoms with E-state index in [1.807, 2.05) is 0 Å². The van der Waals surface area contributed by atoms with Crippen LogP contribution in [0.5, 0.6) is 0 Å². The summed E-state index contributed by atoms with van der Waals surface area (Å²) in [4.78, 5) is 25.7. The lowest BCUT2D eigenvalue weighted by atomic mass is 10.1. The number of thioether (sulfide) groups is 1. The number of primary amides is 1. The van der Waals surface area contributed by atoms with E-state index >= 15 is 0 Å². The zero-order valence-corrected chi connectivity index (χ0v) is 10.6. The quantitative estimate of drug-likeness (QED) is 0.761. The molecule has 0 aromatic carbocycles. The van der Waals surface area contributed by atoms with Crippen molar-refractivity contribution in [2.75, 3.05) is 5.75 Å². The summed E-state index contributed by atoms with van der Waals surface area (Å²) in [5.41, 5.74) is 5.45. The van der Waals surface area contributed by atoms with Crippen molar-refractivity contribution in [3.05, 3.63) is 23.9 Å². The smallest absolute Gasteiger partial charge is 0.303 e. The third-order valence-electron chi connectivity index (χ3n) is 3.03. The fourth-order valence-electron chi connectivity index (χ4n) is 1.71. The second-order valence-electron chi connectivity index (χ2n) is 4.61. The number of carbonyl (C=O) groups is 2. The molecule has 1 fully saturated rings. The maximum absolute atomic E-state index is 10.9. The molecule has 5 nitrogen and oxygen atoms in total. The van der Waals surface area contributed by atoms with Crippen molar-refractivity contribution in [3.63, 3.8) is 0 Å². The summed E-state index contributed by atoms with van der Waals surface area (Å²) < 4.78 is 0. The van der Waals surface area contributed by atoms with Gasteiger partial charge in [-0.05, 0) is 30.4 Å². The monoisotopic (exact) mass is 266 g/mol. The van der Waals surface area contributed by atoms with E-state index in [2.05, 4.69) is 4.98 Å². The van der Waals surface area contributed by atoms with E-state index in [1.165, 1.54) is 18.0 Å². The molecule has 0 atom stereocenters. The number of amides is 1. The summed E-state index contributed by atoms with van der Waals surface area (Å²) in [6, 6.07) is 3.37. The lowest BCUT2D eigenvalue weighted by Gasteiger charge is -2.11. The van der Waals surface area contributed by atoms with Crippen molar-refractivity contribution in [1.82, 2.24) is 4.98 Å². The number of hydrogen-bond acceptors (Lipinski definition) is 4. The number of carboxylic acid groups (broad SMARTS) is 1. The molecule has 96 valence electrons. The second kappa shape index (κ2) is 4.97. The molecule has 1 aliphatic rings. The van der Waals surface area contributed by atoms with Crippen LogP contribution in [0.4, 0.5) is 0 Å². The van der Waals surface area contributed by atoms with Crippen LogP contribution in [0.15, 0.2) is 23.4 Å². The van der Waals surface area contributed by atoms with Gasteiger partial charge < -0.3 is 10.8 Å². The van der Waals surface area contributed by atoms with Gasteiger partial charge in [-0.2, -0.15) is 0 Å². The Balaban J connectivity index is 1.90. The van der Waals surface area contributed by atoms with E-state index in [0.717, 1.165) is 23.6 Å². The third-order valence-corrected chi connectivity index (χ3v) is 4.32. The van der Waals surface area contributed by atoms with Crippen LogP contribution >= 0.6 is 11.8 Å². The Kier molecular flexibility index (Phi) is 3.56. The Morgan fingerprint density at radius 1 is 1.44 bits per heavy atom. The van der Waals surface area contributed by atoms with Gasteiger partial charge in [0.05, 0.1) is 17.0 Å². The second-order valence-corrected chi connectivity index (χ2v) is 5.60. The molecule has 2 rings (SSSR count). The van der Waals surface area contributed by atoms with Gasteiger partial charge in [-0.25, -0.2) is 4.98 Å². The predicted molar refractivity (Wildman–Crippen MR) is 67.4 cm³/mol. The van der Waals surface area contributed by atoms with Crippen LogP contribution in [0.25, 0.3) is 0 Å². The van der Waals surface area contributed by atoms with Crippen LogP contribution in [0.3, 0.4) is 0 Å². The van der Waals surface area contributed by atoms with E-state index in [0.29, 0.717) is 5.56 Å². The summed E-state index contributed by atoms with van der Waals surface area (Å²) in [6.07, 6.45) is 3.60. The Bertz CT molecular complexity index is 469. The third kappa shape index (κ3) is 3.22. The first-order chi connectivity index (χ1) is 8.51. The molecular weight excluding hydrogens is 252 g/mol. The van der Waals surface area contributed by atoms with Crippen LogP contribution in [-0.4, -0.2) is 27.7 Å². The highest BCUT2D eigenvalue weighted by Gasteiger charge is 2.44. The molecule has 1 aromatic heterocycles. The van der Waals surface area contributed by atoms with Crippen LogP contribution in [0, 0.1) is 5.41 Å². The molecule has 1 amide bonds. The first-order valence-corrected chi connectivity index (χ1v) is 6.60. The van der Waals surface area contributed by atoms with Crippen molar-refractivity contribution in [2.24, 2.45) is 11.1 Å². The largest absolute Gasteiger partial charge is 0.481 e. The van der Waals surface area contributed by atoms with Crippen molar-refractivity contribution in [1.29, 1.82) is 0 Å². The minimum Gasteiger partial charge on any atom is -0.481 e. The minimum atomic E-state index is -0.745. The first-order valence-electron chi connectivity index (χ1n) is 5.61. The number of nitrogens with zero attached hydrogens (tertiary/aromatic N) is 1. The van der Waals surface area contributed by atoms with Gasteiger partial charge in [-0.15, -0.1) is 11.8 Å². The number of aliphatic carboxylic acids is 1. The average Bonchev–Trinajstić information content (AvgIpc) is 3.06. The number of aromatic nitrogens is 1. The average molecular weight is 266 g/mol. The molecule has 1 saturated carbocycles. The highest BCUT2D eigenvalue weighted by Crippen LogP contribution is 2.51. The number of pyridine rings is 1. The van der Waals surface area contributed by atoms with E-state index in [1.54, 1.807) is 12.1 Å². The maximum atomic E-state index is 10.9. The van der Waals surface area contributed by atoms with Gasteiger partial charge in [0.2, 0.25) is 5.91 Å². The highest BCUT2D eigenvalue weighted by atomic mass is 32.2. The summed E-state index contributed by atoms with van der Waals surface area (Å²) >= 11 is 1.53. The summed E-state index contributed by atoms with van der Waals surface area (Å²) in [6.45, 7) is 0. The molecular formula is C12H14N2O3S. The predicted octanol–water partition coefficient (Wildman–Crippen LogP) is 1.53. The molecule has 0 bridgehead atoms. The van der Waals surface area contributed by atoms with Gasteiger partial charge in [0.25, 0.3) is 0 Å².